The molecule has 0 fully saturated rings. The molecule has 3 heteroatoms. The van der Waals surface area contributed by atoms with Crippen LogP contribution >= 0.6 is 11.3 Å². The molecule has 2 nitrogen and oxygen atoms in total. The van der Waals surface area contributed by atoms with Crippen molar-refractivity contribution in [1.29, 1.82) is 0 Å². The van der Waals surface area contributed by atoms with Crippen molar-refractivity contribution in [3.63, 3.8) is 0 Å². The van der Waals surface area contributed by atoms with E-state index in [1.807, 2.05) is 6.07 Å². The van der Waals surface area contributed by atoms with Crippen molar-refractivity contribution in [2.24, 2.45) is 5.92 Å². The first kappa shape index (κ1) is 12.5. The van der Waals surface area contributed by atoms with Gasteiger partial charge in [0.25, 0.3) is 0 Å². The zero-order valence-corrected chi connectivity index (χ0v) is 10.9. The SMILES string of the molecule is CCNC(CC(C)C)c1sccc1OC. The number of hydrogen-bond acceptors (Lipinski definition) is 3. The summed E-state index contributed by atoms with van der Waals surface area (Å²) in [6.07, 6.45) is 1.16. The van der Waals surface area contributed by atoms with E-state index in [9.17, 15) is 0 Å². The summed E-state index contributed by atoms with van der Waals surface area (Å²) in [6, 6.07) is 2.48. The van der Waals surface area contributed by atoms with Crippen molar-refractivity contribution in [1.82, 2.24) is 5.32 Å². The van der Waals surface area contributed by atoms with Crippen LogP contribution in [0.2, 0.25) is 0 Å². The minimum absolute atomic E-state index is 0.435. The molecule has 1 N–H and O–H groups in total. The van der Waals surface area contributed by atoms with E-state index < -0.39 is 0 Å². The van der Waals surface area contributed by atoms with Gasteiger partial charge in [-0.05, 0) is 30.3 Å². The predicted octanol–water partition coefficient (Wildman–Crippen LogP) is 3.45. The first-order valence-corrected chi connectivity index (χ1v) is 6.41. The third-order valence-corrected chi connectivity index (χ3v) is 3.36. The summed E-state index contributed by atoms with van der Waals surface area (Å²) in [4.78, 5) is 1.33. The molecular weight excluding hydrogens is 206 g/mol. The maximum absolute atomic E-state index is 5.36. The van der Waals surface area contributed by atoms with Gasteiger partial charge in [0.15, 0.2) is 0 Å². The van der Waals surface area contributed by atoms with Crippen molar-refractivity contribution in [3.05, 3.63) is 16.3 Å². The Bertz CT molecular complexity index is 283. The van der Waals surface area contributed by atoms with E-state index in [2.05, 4.69) is 31.5 Å². The van der Waals surface area contributed by atoms with Gasteiger partial charge in [-0.15, -0.1) is 11.3 Å². The molecule has 1 heterocycles. The largest absolute Gasteiger partial charge is 0.496 e. The van der Waals surface area contributed by atoms with E-state index in [0.717, 1.165) is 18.7 Å². The number of methoxy groups -OCH3 is 1. The number of rotatable bonds is 6. The van der Waals surface area contributed by atoms with Crippen LogP contribution in [0, 0.1) is 5.92 Å². The second-order valence-electron chi connectivity index (χ2n) is 4.09. The molecule has 15 heavy (non-hydrogen) atoms. The lowest BCUT2D eigenvalue weighted by molar-refractivity contribution is 0.389. The molecule has 0 spiro atoms. The monoisotopic (exact) mass is 227 g/mol. The molecule has 0 radical (unpaired) electrons. The third kappa shape index (κ3) is 3.50. The van der Waals surface area contributed by atoms with Gasteiger partial charge in [-0.1, -0.05) is 20.8 Å². The van der Waals surface area contributed by atoms with E-state index in [0.29, 0.717) is 12.0 Å². The topological polar surface area (TPSA) is 21.3 Å². The summed E-state index contributed by atoms with van der Waals surface area (Å²) in [5.74, 6) is 1.72. The molecule has 1 rings (SSSR count). The van der Waals surface area contributed by atoms with Crippen LogP contribution in [0.5, 0.6) is 5.75 Å². The summed E-state index contributed by atoms with van der Waals surface area (Å²) in [5.41, 5.74) is 0. The molecular formula is C12H21NOS. The van der Waals surface area contributed by atoms with Gasteiger partial charge < -0.3 is 10.1 Å². The molecule has 0 amide bonds. The van der Waals surface area contributed by atoms with Crippen LogP contribution in [-0.4, -0.2) is 13.7 Å². The van der Waals surface area contributed by atoms with Gasteiger partial charge in [0.1, 0.15) is 5.75 Å². The highest BCUT2D eigenvalue weighted by molar-refractivity contribution is 7.10. The molecule has 0 saturated carbocycles. The van der Waals surface area contributed by atoms with E-state index >= 15 is 0 Å². The lowest BCUT2D eigenvalue weighted by atomic mass is 10.0. The molecule has 0 saturated heterocycles. The first-order valence-electron chi connectivity index (χ1n) is 5.53. The van der Waals surface area contributed by atoms with Crippen LogP contribution in [0.25, 0.3) is 0 Å². The highest BCUT2D eigenvalue weighted by Crippen LogP contribution is 2.33. The van der Waals surface area contributed by atoms with Gasteiger partial charge >= 0.3 is 0 Å². The van der Waals surface area contributed by atoms with Gasteiger partial charge in [0, 0.05) is 6.04 Å². The minimum Gasteiger partial charge on any atom is -0.496 e. The fourth-order valence-electron chi connectivity index (χ4n) is 1.73. The standard InChI is InChI=1S/C12H21NOS/c1-5-13-10(8-9(2)3)12-11(14-4)6-7-15-12/h6-7,9-10,13H,5,8H2,1-4H3. The predicted molar refractivity (Wildman–Crippen MR) is 66.7 cm³/mol. The second-order valence-corrected chi connectivity index (χ2v) is 5.04. The number of ether oxygens (including phenoxy) is 1. The number of hydrogen-bond donors (Lipinski definition) is 1. The Labute approximate surface area is 96.7 Å². The summed E-state index contributed by atoms with van der Waals surface area (Å²) in [7, 11) is 1.74. The summed E-state index contributed by atoms with van der Waals surface area (Å²) in [5, 5.41) is 5.62. The Hall–Kier alpha value is -0.540. The Morgan fingerprint density at radius 1 is 1.47 bits per heavy atom. The van der Waals surface area contributed by atoms with Crippen LogP contribution in [-0.2, 0) is 0 Å². The minimum atomic E-state index is 0.435. The van der Waals surface area contributed by atoms with E-state index in [4.69, 9.17) is 4.74 Å². The van der Waals surface area contributed by atoms with Gasteiger partial charge in [-0.3, -0.25) is 0 Å². The fourth-order valence-corrected chi connectivity index (χ4v) is 2.68. The Kier molecular flexibility index (Phi) is 5.12. The van der Waals surface area contributed by atoms with E-state index in [-0.39, 0.29) is 0 Å². The van der Waals surface area contributed by atoms with Gasteiger partial charge in [0.05, 0.1) is 12.0 Å². The Balaban J connectivity index is 2.78. The van der Waals surface area contributed by atoms with Gasteiger partial charge in [-0.25, -0.2) is 0 Å². The lowest BCUT2D eigenvalue weighted by Gasteiger charge is -2.19. The highest BCUT2D eigenvalue weighted by atomic mass is 32.1. The molecule has 0 aliphatic rings. The zero-order valence-electron chi connectivity index (χ0n) is 10.0. The number of thiophene rings is 1. The lowest BCUT2D eigenvalue weighted by Crippen LogP contribution is -2.21. The van der Waals surface area contributed by atoms with Crippen molar-refractivity contribution in [3.8, 4) is 5.75 Å². The van der Waals surface area contributed by atoms with Crippen molar-refractivity contribution >= 4 is 11.3 Å². The second kappa shape index (κ2) is 6.13. The quantitative estimate of drug-likeness (QED) is 0.803. The molecule has 0 bridgehead atoms. The van der Waals surface area contributed by atoms with Crippen LogP contribution in [0.1, 0.15) is 38.1 Å². The normalized spacial score (nSPS) is 13.1. The Morgan fingerprint density at radius 3 is 2.73 bits per heavy atom. The first-order chi connectivity index (χ1) is 7.19. The molecule has 0 aliphatic carbocycles. The summed E-state index contributed by atoms with van der Waals surface area (Å²) in [6.45, 7) is 7.65. The summed E-state index contributed by atoms with van der Waals surface area (Å²) >= 11 is 1.78. The van der Waals surface area contributed by atoms with Crippen molar-refractivity contribution in [2.45, 2.75) is 33.2 Å². The van der Waals surface area contributed by atoms with E-state index in [1.165, 1.54) is 4.88 Å². The molecule has 1 aromatic heterocycles. The maximum atomic E-state index is 5.36. The molecule has 86 valence electrons. The fraction of sp³-hybridized carbons (Fsp3) is 0.667. The zero-order chi connectivity index (χ0) is 11.3. The van der Waals surface area contributed by atoms with Crippen LogP contribution in [0.4, 0.5) is 0 Å². The Morgan fingerprint density at radius 2 is 2.20 bits per heavy atom. The van der Waals surface area contributed by atoms with Crippen LogP contribution < -0.4 is 10.1 Å². The van der Waals surface area contributed by atoms with Gasteiger partial charge in [0.2, 0.25) is 0 Å². The average molecular weight is 227 g/mol. The molecule has 0 aromatic carbocycles. The highest BCUT2D eigenvalue weighted by Gasteiger charge is 2.17. The summed E-state index contributed by atoms with van der Waals surface area (Å²) < 4.78 is 5.36. The van der Waals surface area contributed by atoms with E-state index in [1.54, 1.807) is 18.4 Å². The molecule has 0 aliphatic heterocycles. The maximum Gasteiger partial charge on any atom is 0.134 e. The van der Waals surface area contributed by atoms with Crippen molar-refractivity contribution < 1.29 is 4.74 Å². The van der Waals surface area contributed by atoms with Gasteiger partial charge in [-0.2, -0.15) is 0 Å². The number of nitrogens with one attached hydrogen (secondary N) is 1. The average Bonchev–Trinajstić information content (AvgIpc) is 2.64. The molecule has 1 unspecified atom stereocenters. The van der Waals surface area contributed by atoms with Crippen molar-refractivity contribution in [2.75, 3.05) is 13.7 Å². The smallest absolute Gasteiger partial charge is 0.134 e. The van der Waals surface area contributed by atoms with Crippen LogP contribution in [0.15, 0.2) is 11.4 Å². The molecule has 1 aromatic rings. The van der Waals surface area contributed by atoms with Crippen LogP contribution in [0.3, 0.4) is 0 Å². The third-order valence-electron chi connectivity index (χ3n) is 2.35. The molecule has 1 atom stereocenters.